The van der Waals surface area contributed by atoms with Gasteiger partial charge in [-0.2, -0.15) is 0 Å². The van der Waals surface area contributed by atoms with E-state index in [-0.39, 0.29) is 11.0 Å². The molecule has 0 bridgehead atoms. The molecule has 3 rings (SSSR count). The third kappa shape index (κ3) is 1.10. The van der Waals surface area contributed by atoms with Crippen LogP contribution in [-0.4, -0.2) is 5.60 Å². The molecule has 1 saturated carbocycles. The van der Waals surface area contributed by atoms with Crippen LogP contribution in [0, 0.1) is 18.8 Å². The Kier molecular flexibility index (Phi) is 2.01. The van der Waals surface area contributed by atoms with Gasteiger partial charge in [-0.05, 0) is 37.7 Å². The highest BCUT2D eigenvalue weighted by molar-refractivity contribution is 5.52. The van der Waals surface area contributed by atoms with Crippen molar-refractivity contribution in [1.29, 1.82) is 0 Å². The van der Waals surface area contributed by atoms with E-state index in [9.17, 15) is 0 Å². The lowest BCUT2D eigenvalue weighted by Gasteiger charge is -2.36. The maximum absolute atomic E-state index is 6.39. The second-order valence-corrected chi connectivity index (χ2v) is 6.46. The minimum absolute atomic E-state index is 0.0136. The van der Waals surface area contributed by atoms with Crippen molar-refractivity contribution >= 4 is 0 Å². The molecule has 1 aliphatic heterocycles. The molecule has 1 aromatic rings. The molecule has 17 heavy (non-hydrogen) atoms. The van der Waals surface area contributed by atoms with Crippen molar-refractivity contribution in [2.24, 2.45) is 11.8 Å². The summed E-state index contributed by atoms with van der Waals surface area (Å²) in [5, 5.41) is 0. The van der Waals surface area contributed by atoms with Crippen molar-refractivity contribution in [2.45, 2.75) is 52.1 Å². The van der Waals surface area contributed by atoms with Crippen LogP contribution in [0.1, 0.15) is 45.2 Å². The van der Waals surface area contributed by atoms with E-state index >= 15 is 0 Å². The van der Waals surface area contributed by atoms with Crippen LogP contribution < -0.4 is 4.74 Å². The first-order chi connectivity index (χ1) is 7.90. The summed E-state index contributed by atoms with van der Waals surface area (Å²) >= 11 is 0. The molecule has 0 N–H and O–H groups in total. The van der Waals surface area contributed by atoms with Crippen molar-refractivity contribution in [3.63, 3.8) is 0 Å². The van der Waals surface area contributed by atoms with Gasteiger partial charge in [-0.3, -0.25) is 0 Å². The highest BCUT2D eigenvalue weighted by Gasteiger charge is 2.63. The van der Waals surface area contributed by atoms with Gasteiger partial charge in [0.15, 0.2) is 0 Å². The lowest BCUT2D eigenvalue weighted by Crippen LogP contribution is -2.45. The van der Waals surface area contributed by atoms with E-state index in [1.165, 1.54) is 17.5 Å². The minimum atomic E-state index is -0.0136. The zero-order valence-corrected chi connectivity index (χ0v) is 11.5. The van der Waals surface area contributed by atoms with Crippen LogP contribution in [0.4, 0.5) is 0 Å². The molecule has 0 saturated heterocycles. The van der Waals surface area contributed by atoms with Crippen LogP contribution in [0.5, 0.6) is 5.75 Å². The molecule has 0 aromatic heterocycles. The Bertz CT molecular complexity index is 478. The van der Waals surface area contributed by atoms with Crippen molar-refractivity contribution in [2.75, 3.05) is 0 Å². The number of fused-ring (bicyclic) bond motifs is 3. The Morgan fingerprint density at radius 1 is 1.24 bits per heavy atom. The van der Waals surface area contributed by atoms with Crippen LogP contribution in [0.3, 0.4) is 0 Å². The summed E-state index contributed by atoms with van der Waals surface area (Å²) in [7, 11) is 0. The van der Waals surface area contributed by atoms with Gasteiger partial charge in [0.1, 0.15) is 11.4 Å². The molecular weight excluding hydrogens is 208 g/mol. The van der Waals surface area contributed by atoms with Crippen molar-refractivity contribution in [3.8, 4) is 5.75 Å². The molecule has 1 aromatic carbocycles. The lowest BCUT2D eigenvalue weighted by molar-refractivity contribution is 0.0561. The first-order valence-corrected chi connectivity index (χ1v) is 6.69. The monoisotopic (exact) mass is 230 g/mol. The standard InChI is InChI=1S/C16H22O/c1-10-7-6-8-13-14(10)17-15(4)9-11(2)12(3)16(13,15)5/h6-8,11-12H,9H2,1-5H3/t11-,12-,15-,16-/m0/s1. The van der Waals surface area contributed by atoms with Gasteiger partial charge in [-0.25, -0.2) is 0 Å². The summed E-state index contributed by atoms with van der Waals surface area (Å²) in [4.78, 5) is 0. The van der Waals surface area contributed by atoms with E-state index in [4.69, 9.17) is 4.74 Å². The number of aryl methyl sites for hydroxylation is 1. The van der Waals surface area contributed by atoms with E-state index in [1.54, 1.807) is 0 Å². The molecule has 92 valence electrons. The molecule has 0 unspecified atom stereocenters. The summed E-state index contributed by atoms with van der Waals surface area (Å²) in [6.45, 7) is 11.6. The van der Waals surface area contributed by atoms with Gasteiger partial charge >= 0.3 is 0 Å². The number of rotatable bonds is 0. The van der Waals surface area contributed by atoms with Crippen LogP contribution in [-0.2, 0) is 5.41 Å². The highest BCUT2D eigenvalue weighted by Crippen LogP contribution is 2.62. The van der Waals surface area contributed by atoms with E-state index in [0.29, 0.717) is 5.92 Å². The van der Waals surface area contributed by atoms with Gasteiger partial charge in [0.25, 0.3) is 0 Å². The fraction of sp³-hybridized carbons (Fsp3) is 0.625. The van der Waals surface area contributed by atoms with Crippen LogP contribution in [0.15, 0.2) is 18.2 Å². The predicted molar refractivity (Wildman–Crippen MR) is 70.5 cm³/mol. The second kappa shape index (κ2) is 3.07. The SMILES string of the molecule is Cc1cccc2c1O[C@@]1(C)C[C@H](C)[C@H](C)[C@@]21C. The first-order valence-electron chi connectivity index (χ1n) is 6.69. The number of hydrogen-bond acceptors (Lipinski definition) is 1. The Balaban J connectivity index is 2.24. The maximum atomic E-state index is 6.39. The molecule has 1 heterocycles. The Morgan fingerprint density at radius 3 is 2.65 bits per heavy atom. The fourth-order valence-corrected chi connectivity index (χ4v) is 4.15. The summed E-state index contributed by atoms with van der Waals surface area (Å²) in [5.74, 6) is 2.56. The lowest BCUT2D eigenvalue weighted by atomic mass is 9.68. The smallest absolute Gasteiger partial charge is 0.126 e. The highest BCUT2D eigenvalue weighted by atomic mass is 16.5. The van der Waals surface area contributed by atoms with Gasteiger partial charge in [-0.15, -0.1) is 0 Å². The molecule has 1 nitrogen and oxygen atoms in total. The van der Waals surface area contributed by atoms with Gasteiger partial charge < -0.3 is 4.74 Å². The first kappa shape index (κ1) is 11.1. The largest absolute Gasteiger partial charge is 0.486 e. The summed E-state index contributed by atoms with van der Waals surface area (Å²) < 4.78 is 6.39. The fourth-order valence-electron chi connectivity index (χ4n) is 4.15. The van der Waals surface area contributed by atoms with Gasteiger partial charge in [0.2, 0.25) is 0 Å². The minimum Gasteiger partial charge on any atom is -0.486 e. The molecule has 1 aliphatic carbocycles. The molecule has 1 fully saturated rings. The van der Waals surface area contributed by atoms with Gasteiger partial charge in [0.05, 0.1) is 0 Å². The number of para-hydroxylation sites is 1. The summed E-state index contributed by atoms with van der Waals surface area (Å²) in [5.41, 5.74) is 2.87. The molecule has 4 atom stereocenters. The Labute approximate surface area is 104 Å². The third-order valence-electron chi connectivity index (χ3n) is 5.67. The topological polar surface area (TPSA) is 9.23 Å². The van der Waals surface area contributed by atoms with E-state index in [2.05, 4.69) is 52.8 Å². The summed E-state index contributed by atoms with van der Waals surface area (Å²) in [6, 6.07) is 6.59. The molecular formula is C16H22O. The van der Waals surface area contributed by atoms with Gasteiger partial charge in [0, 0.05) is 11.0 Å². The summed E-state index contributed by atoms with van der Waals surface area (Å²) in [6.07, 6.45) is 1.17. The maximum Gasteiger partial charge on any atom is 0.126 e. The third-order valence-corrected chi connectivity index (χ3v) is 5.67. The zero-order valence-electron chi connectivity index (χ0n) is 11.5. The molecule has 0 radical (unpaired) electrons. The molecule has 0 amide bonds. The molecule has 1 heteroatoms. The van der Waals surface area contributed by atoms with Crippen molar-refractivity contribution in [3.05, 3.63) is 29.3 Å². The Morgan fingerprint density at radius 2 is 1.94 bits per heavy atom. The predicted octanol–water partition coefficient (Wildman–Crippen LogP) is 4.08. The zero-order chi connectivity index (χ0) is 12.4. The number of benzene rings is 1. The normalized spacial score (nSPS) is 43.1. The van der Waals surface area contributed by atoms with Crippen molar-refractivity contribution in [1.82, 2.24) is 0 Å². The van der Waals surface area contributed by atoms with Gasteiger partial charge in [-0.1, -0.05) is 39.0 Å². The molecule has 2 aliphatic rings. The quantitative estimate of drug-likeness (QED) is 0.652. The van der Waals surface area contributed by atoms with E-state index in [0.717, 1.165) is 11.7 Å². The van der Waals surface area contributed by atoms with Crippen LogP contribution in [0.2, 0.25) is 0 Å². The van der Waals surface area contributed by atoms with Crippen molar-refractivity contribution < 1.29 is 4.74 Å². The van der Waals surface area contributed by atoms with E-state index < -0.39 is 0 Å². The number of ether oxygens (including phenoxy) is 1. The Hall–Kier alpha value is -0.980. The molecule has 0 spiro atoms. The van der Waals surface area contributed by atoms with Crippen LogP contribution >= 0.6 is 0 Å². The average Bonchev–Trinajstić information content (AvgIpc) is 2.59. The second-order valence-electron chi connectivity index (χ2n) is 6.46. The average molecular weight is 230 g/mol. The van der Waals surface area contributed by atoms with E-state index in [1.807, 2.05) is 0 Å². The van der Waals surface area contributed by atoms with Crippen LogP contribution in [0.25, 0.3) is 0 Å². The number of hydrogen-bond donors (Lipinski definition) is 0.